The molecule has 4 rings (SSSR count). The molecule has 3 aromatic rings. The molecule has 1 aliphatic rings. The summed E-state index contributed by atoms with van der Waals surface area (Å²) in [4.78, 5) is 21.0. The van der Waals surface area contributed by atoms with E-state index < -0.39 is 0 Å². The van der Waals surface area contributed by atoms with Crippen LogP contribution in [0.5, 0.6) is 0 Å². The molecule has 0 radical (unpaired) electrons. The summed E-state index contributed by atoms with van der Waals surface area (Å²) >= 11 is 0. The van der Waals surface area contributed by atoms with Gasteiger partial charge in [0.2, 0.25) is 5.91 Å². The number of nitrogens with zero attached hydrogens (tertiary/aromatic N) is 3. The van der Waals surface area contributed by atoms with E-state index in [-0.39, 0.29) is 30.7 Å². The summed E-state index contributed by atoms with van der Waals surface area (Å²) in [7, 11) is 4.14. The molecule has 0 spiro atoms. The van der Waals surface area contributed by atoms with Gasteiger partial charge in [0, 0.05) is 43.0 Å². The number of likely N-dealkylation sites (N-methyl/N-ethyl adjacent to an activating group) is 1. The van der Waals surface area contributed by atoms with Gasteiger partial charge in [-0.1, -0.05) is 6.07 Å². The van der Waals surface area contributed by atoms with E-state index in [9.17, 15) is 4.79 Å². The minimum atomic E-state index is 0. The lowest BCUT2D eigenvalue weighted by Crippen LogP contribution is -2.41. The highest BCUT2D eigenvalue weighted by Gasteiger charge is 2.17. The third-order valence-electron chi connectivity index (χ3n) is 5.33. The predicted octanol–water partition coefficient (Wildman–Crippen LogP) is 3.84. The highest BCUT2D eigenvalue weighted by molar-refractivity contribution is 5.87. The normalized spacial score (nSPS) is 13.7. The van der Waals surface area contributed by atoms with E-state index in [0.29, 0.717) is 32.7 Å². The van der Waals surface area contributed by atoms with Gasteiger partial charge in [0.25, 0.3) is 0 Å². The molecule has 1 fully saturated rings. The number of pyridine rings is 1. The van der Waals surface area contributed by atoms with Gasteiger partial charge in [0.1, 0.15) is 5.58 Å². The molecule has 0 N–H and O–H groups in total. The topological polar surface area (TPSA) is 58.8 Å². The summed E-state index contributed by atoms with van der Waals surface area (Å²) < 4.78 is 11.1. The zero-order valence-electron chi connectivity index (χ0n) is 17.9. The average molecular weight is 466 g/mol. The van der Waals surface area contributed by atoms with Crippen molar-refractivity contribution < 1.29 is 13.9 Å². The van der Waals surface area contributed by atoms with Crippen molar-refractivity contribution >= 4 is 41.7 Å². The first-order chi connectivity index (χ1) is 14.1. The Labute approximate surface area is 195 Å². The minimum absolute atomic E-state index is 0. The van der Waals surface area contributed by atoms with Crippen molar-refractivity contribution in [2.24, 2.45) is 0 Å². The smallest absolute Gasteiger partial charge is 0.227 e. The minimum Gasteiger partial charge on any atom is -0.464 e. The van der Waals surface area contributed by atoms with E-state index >= 15 is 0 Å². The van der Waals surface area contributed by atoms with E-state index in [4.69, 9.17) is 9.15 Å². The number of rotatable bonds is 6. The molecule has 0 aliphatic carbocycles. The lowest BCUT2D eigenvalue weighted by atomic mass is 10.0. The lowest BCUT2D eigenvalue weighted by Gasteiger charge is -2.26. The van der Waals surface area contributed by atoms with Crippen LogP contribution in [0, 0.1) is 0 Å². The summed E-state index contributed by atoms with van der Waals surface area (Å²) in [5, 5.41) is 1.14. The number of carbonyl (C=O) groups is 1. The second-order valence-electron chi connectivity index (χ2n) is 7.78. The van der Waals surface area contributed by atoms with Crippen LogP contribution in [-0.4, -0.2) is 67.6 Å². The first-order valence-electron chi connectivity index (χ1n) is 10.0. The maximum atomic E-state index is 12.6. The second kappa shape index (κ2) is 11.5. The Kier molecular flexibility index (Phi) is 9.32. The van der Waals surface area contributed by atoms with Crippen LogP contribution in [-0.2, 0) is 22.4 Å². The fourth-order valence-electron chi connectivity index (χ4n) is 3.64. The molecule has 1 aliphatic heterocycles. The Morgan fingerprint density at radius 2 is 1.87 bits per heavy atom. The van der Waals surface area contributed by atoms with Crippen molar-refractivity contribution in [1.29, 1.82) is 0 Å². The van der Waals surface area contributed by atoms with Crippen LogP contribution >= 0.6 is 24.8 Å². The first kappa shape index (κ1) is 25.1. The first-order valence-corrected chi connectivity index (χ1v) is 10.0. The number of morpholine rings is 1. The van der Waals surface area contributed by atoms with Crippen LogP contribution < -0.4 is 0 Å². The molecule has 168 valence electrons. The Bertz CT molecular complexity index is 1000. The van der Waals surface area contributed by atoms with E-state index in [1.54, 1.807) is 6.20 Å². The molecule has 6 nitrogen and oxygen atoms in total. The second-order valence-corrected chi connectivity index (χ2v) is 7.78. The molecule has 0 bridgehead atoms. The van der Waals surface area contributed by atoms with Gasteiger partial charge in [-0.2, -0.15) is 0 Å². The number of amides is 1. The van der Waals surface area contributed by atoms with Crippen molar-refractivity contribution in [2.45, 2.75) is 12.8 Å². The molecule has 31 heavy (non-hydrogen) atoms. The molecule has 0 unspecified atom stereocenters. The van der Waals surface area contributed by atoms with Crippen LogP contribution in [0.25, 0.3) is 22.1 Å². The number of halogens is 2. The molecule has 8 heteroatoms. The third-order valence-corrected chi connectivity index (χ3v) is 5.33. The molecule has 1 saturated heterocycles. The fraction of sp³-hybridized carbons (Fsp3) is 0.391. The largest absolute Gasteiger partial charge is 0.464 e. The Morgan fingerprint density at radius 1 is 1.10 bits per heavy atom. The number of aromatic nitrogens is 1. The van der Waals surface area contributed by atoms with E-state index in [2.05, 4.69) is 36.1 Å². The van der Waals surface area contributed by atoms with Gasteiger partial charge in [-0.05, 0) is 55.4 Å². The van der Waals surface area contributed by atoms with Crippen LogP contribution in [0.1, 0.15) is 11.1 Å². The van der Waals surface area contributed by atoms with Crippen LogP contribution in [0.3, 0.4) is 0 Å². The number of hydrogen-bond acceptors (Lipinski definition) is 5. The highest BCUT2D eigenvalue weighted by atomic mass is 35.5. The summed E-state index contributed by atoms with van der Waals surface area (Å²) in [5.74, 6) is 0.128. The molecular formula is C23H29Cl2N3O3. The number of furan rings is 1. The number of fused-ring (bicyclic) bond motifs is 1. The van der Waals surface area contributed by atoms with Crippen LogP contribution in [0.15, 0.2) is 47.3 Å². The molecule has 3 heterocycles. The Hall–Kier alpha value is -2.12. The van der Waals surface area contributed by atoms with Crippen molar-refractivity contribution in [3.8, 4) is 11.1 Å². The number of carbonyl (C=O) groups excluding carboxylic acids is 1. The van der Waals surface area contributed by atoms with Gasteiger partial charge in [0.05, 0.1) is 25.9 Å². The van der Waals surface area contributed by atoms with E-state index in [1.807, 2.05) is 29.5 Å². The van der Waals surface area contributed by atoms with Gasteiger partial charge in [-0.25, -0.2) is 0 Å². The Balaban J connectivity index is 0.00000171. The van der Waals surface area contributed by atoms with Gasteiger partial charge in [-0.3, -0.25) is 9.78 Å². The Morgan fingerprint density at radius 3 is 2.61 bits per heavy atom. The molecule has 0 atom stereocenters. The van der Waals surface area contributed by atoms with Crippen molar-refractivity contribution in [1.82, 2.24) is 14.8 Å². The molecule has 1 aromatic carbocycles. The summed E-state index contributed by atoms with van der Waals surface area (Å²) in [6, 6.07) is 8.28. The van der Waals surface area contributed by atoms with Crippen LogP contribution in [0.4, 0.5) is 0 Å². The third kappa shape index (κ3) is 6.20. The zero-order valence-corrected chi connectivity index (χ0v) is 19.5. The molecule has 2 aromatic heterocycles. The highest BCUT2D eigenvalue weighted by Crippen LogP contribution is 2.28. The van der Waals surface area contributed by atoms with Crippen molar-refractivity contribution in [3.63, 3.8) is 0 Å². The van der Waals surface area contributed by atoms with Gasteiger partial charge < -0.3 is 19.0 Å². The van der Waals surface area contributed by atoms with Crippen molar-refractivity contribution in [3.05, 3.63) is 54.0 Å². The molecule has 0 saturated carbocycles. The van der Waals surface area contributed by atoms with E-state index in [0.717, 1.165) is 40.6 Å². The lowest BCUT2D eigenvalue weighted by molar-refractivity contribution is -0.134. The molecule has 1 amide bonds. The van der Waals surface area contributed by atoms with Gasteiger partial charge in [-0.15, -0.1) is 24.8 Å². The summed E-state index contributed by atoms with van der Waals surface area (Å²) in [6.07, 6.45) is 6.79. The number of benzene rings is 1. The van der Waals surface area contributed by atoms with Crippen LogP contribution in [0.2, 0.25) is 0 Å². The standard InChI is InChI=1S/C23H27N3O3.2ClH/c1-25(2)6-5-19-16-29-22-4-3-18(13-21(19)22)20-11-17(14-24-15-20)12-23(27)26-7-9-28-10-8-26;;/h3-4,11,13-16H,5-10,12H2,1-2H3;2*1H. The summed E-state index contributed by atoms with van der Waals surface area (Å²) in [5.41, 5.74) is 5.13. The zero-order chi connectivity index (χ0) is 20.2. The van der Waals surface area contributed by atoms with Gasteiger partial charge in [0.15, 0.2) is 0 Å². The molecular weight excluding hydrogens is 437 g/mol. The monoisotopic (exact) mass is 465 g/mol. The maximum absolute atomic E-state index is 12.6. The maximum Gasteiger partial charge on any atom is 0.227 e. The SMILES string of the molecule is CN(C)CCc1coc2ccc(-c3cncc(CC(=O)N4CCOCC4)c3)cc12.Cl.Cl. The predicted molar refractivity (Wildman–Crippen MR) is 127 cm³/mol. The number of ether oxygens (including phenoxy) is 1. The quantitative estimate of drug-likeness (QED) is 0.553. The van der Waals surface area contributed by atoms with Crippen molar-refractivity contribution in [2.75, 3.05) is 46.9 Å². The fourth-order valence-corrected chi connectivity index (χ4v) is 3.64. The average Bonchev–Trinajstić information content (AvgIpc) is 3.15. The number of hydrogen-bond donors (Lipinski definition) is 0. The van der Waals surface area contributed by atoms with E-state index in [1.165, 1.54) is 5.56 Å². The summed E-state index contributed by atoms with van der Waals surface area (Å²) in [6.45, 7) is 3.53. The van der Waals surface area contributed by atoms with Gasteiger partial charge >= 0.3 is 0 Å².